The largest absolute Gasteiger partial charge is 0.387 e. The van der Waals surface area contributed by atoms with Gasteiger partial charge in [0.1, 0.15) is 6.33 Å². The molecule has 1 aliphatic heterocycles. The highest BCUT2D eigenvalue weighted by atomic mass is 32.2. The predicted molar refractivity (Wildman–Crippen MR) is 138 cm³/mol. The Hall–Kier alpha value is -2.22. The molecule has 5 rings (SSSR count). The highest BCUT2D eigenvalue weighted by Crippen LogP contribution is 2.33. The predicted octanol–water partition coefficient (Wildman–Crippen LogP) is 4.73. The molecule has 0 bridgehead atoms. The Morgan fingerprint density at radius 1 is 0.970 bits per heavy atom. The summed E-state index contributed by atoms with van der Waals surface area (Å²) in [5.74, 6) is 0.713. The molecule has 3 aromatic rings. The van der Waals surface area contributed by atoms with E-state index in [1.54, 1.807) is 6.33 Å². The lowest BCUT2D eigenvalue weighted by Gasteiger charge is -2.41. The van der Waals surface area contributed by atoms with Gasteiger partial charge in [-0.25, -0.2) is 14.3 Å². The second-order valence-corrected chi connectivity index (χ2v) is 10.2. The summed E-state index contributed by atoms with van der Waals surface area (Å²) in [4.78, 5) is 16.4. The van der Waals surface area contributed by atoms with Crippen molar-refractivity contribution in [3.63, 3.8) is 0 Å². The van der Waals surface area contributed by atoms with E-state index in [9.17, 15) is 0 Å². The normalized spacial score (nSPS) is 22.5. The first-order valence-corrected chi connectivity index (χ1v) is 13.3. The number of benzene rings is 1. The van der Waals surface area contributed by atoms with E-state index in [2.05, 4.69) is 55.0 Å². The van der Waals surface area contributed by atoms with Crippen molar-refractivity contribution in [3.05, 3.63) is 48.7 Å². The molecule has 0 spiro atoms. The lowest BCUT2D eigenvalue weighted by molar-refractivity contribution is 0.102. The van der Waals surface area contributed by atoms with E-state index in [1.165, 1.54) is 62.9 Å². The number of hydrogen-bond acceptors (Lipinski definition) is 7. The number of pyridine rings is 1. The molecule has 3 heterocycles. The van der Waals surface area contributed by atoms with Crippen LogP contribution >= 0.6 is 11.9 Å². The Morgan fingerprint density at radius 2 is 1.79 bits per heavy atom. The average molecular weight is 463 g/mol. The van der Waals surface area contributed by atoms with Gasteiger partial charge >= 0.3 is 0 Å². The lowest BCUT2D eigenvalue weighted by atomic mass is 9.82. The Bertz CT molecular complexity index is 1070. The van der Waals surface area contributed by atoms with Gasteiger partial charge in [0, 0.05) is 62.6 Å². The standard InChI is InChI=1S/C26H34N6S/c1-27-22-14-21(16-28-17-22)20-5-8-25-24(15-20)26(30-18-29-25)13-19-3-6-23(7-4-19)31-9-11-32(33-2)12-10-31/h5,8,14-19,23,27H,3-4,6-7,9-13H2,1-2H3. The Balaban J connectivity index is 1.27. The van der Waals surface area contributed by atoms with Gasteiger partial charge in [0.15, 0.2) is 0 Å². The summed E-state index contributed by atoms with van der Waals surface area (Å²) in [7, 11) is 1.92. The zero-order chi connectivity index (χ0) is 22.6. The minimum Gasteiger partial charge on any atom is -0.387 e. The SMILES string of the molecule is CNc1cncc(-c2ccc3ncnc(CC4CCC(N5CCN(SC)CC5)CC4)c3c2)c1. The van der Waals surface area contributed by atoms with Crippen molar-refractivity contribution in [3.8, 4) is 11.1 Å². The van der Waals surface area contributed by atoms with Gasteiger partial charge in [-0.3, -0.25) is 9.88 Å². The first-order valence-electron chi connectivity index (χ1n) is 12.1. The van der Waals surface area contributed by atoms with Crippen molar-refractivity contribution < 1.29 is 0 Å². The van der Waals surface area contributed by atoms with E-state index in [1.807, 2.05) is 31.4 Å². The van der Waals surface area contributed by atoms with Crippen LogP contribution in [0.15, 0.2) is 43.0 Å². The maximum atomic E-state index is 4.74. The van der Waals surface area contributed by atoms with Gasteiger partial charge in [0.05, 0.1) is 16.9 Å². The minimum atomic E-state index is 0.713. The van der Waals surface area contributed by atoms with Crippen molar-refractivity contribution in [1.29, 1.82) is 0 Å². The molecule has 0 atom stereocenters. The van der Waals surface area contributed by atoms with Crippen molar-refractivity contribution >= 4 is 28.5 Å². The fourth-order valence-corrected chi connectivity index (χ4v) is 5.95. The lowest BCUT2D eigenvalue weighted by Crippen LogP contribution is -2.49. The molecule has 1 N–H and O–H groups in total. The molecule has 2 fully saturated rings. The number of rotatable bonds is 6. The maximum Gasteiger partial charge on any atom is 0.116 e. The summed E-state index contributed by atoms with van der Waals surface area (Å²) in [5, 5.41) is 4.36. The zero-order valence-electron chi connectivity index (χ0n) is 19.7. The number of nitrogens with one attached hydrogen (secondary N) is 1. The molecule has 33 heavy (non-hydrogen) atoms. The van der Waals surface area contributed by atoms with Gasteiger partial charge in [0.2, 0.25) is 0 Å². The second kappa shape index (κ2) is 10.4. The topological polar surface area (TPSA) is 57.2 Å². The molecule has 1 aromatic carbocycles. The van der Waals surface area contributed by atoms with E-state index in [-0.39, 0.29) is 0 Å². The molecule has 7 heteroatoms. The summed E-state index contributed by atoms with van der Waals surface area (Å²) >= 11 is 1.89. The van der Waals surface area contributed by atoms with Crippen molar-refractivity contribution in [1.82, 2.24) is 24.2 Å². The van der Waals surface area contributed by atoms with Crippen molar-refractivity contribution in [2.45, 2.75) is 38.1 Å². The van der Waals surface area contributed by atoms with Gasteiger partial charge in [-0.1, -0.05) is 18.0 Å². The molecule has 1 aliphatic carbocycles. The van der Waals surface area contributed by atoms with Gasteiger partial charge in [-0.15, -0.1) is 0 Å². The molecule has 174 valence electrons. The molecular weight excluding hydrogens is 428 g/mol. The fraction of sp³-hybridized carbons (Fsp3) is 0.500. The smallest absolute Gasteiger partial charge is 0.116 e. The zero-order valence-corrected chi connectivity index (χ0v) is 20.5. The quantitative estimate of drug-likeness (QED) is 0.532. The Kier molecular flexibility index (Phi) is 7.09. The summed E-state index contributed by atoms with van der Waals surface area (Å²) < 4.78 is 2.49. The monoisotopic (exact) mass is 462 g/mol. The summed E-state index contributed by atoms with van der Waals surface area (Å²) in [6, 6.07) is 9.41. The molecule has 1 saturated carbocycles. The van der Waals surface area contributed by atoms with Crippen LogP contribution in [0.5, 0.6) is 0 Å². The molecule has 0 radical (unpaired) electrons. The highest BCUT2D eigenvalue weighted by molar-refractivity contribution is 7.96. The number of fused-ring (bicyclic) bond motifs is 1. The fourth-order valence-electron chi connectivity index (χ4n) is 5.43. The molecule has 6 nitrogen and oxygen atoms in total. The maximum absolute atomic E-state index is 4.74. The summed E-state index contributed by atoms with van der Waals surface area (Å²) in [6.45, 7) is 4.84. The van der Waals surface area contributed by atoms with Gasteiger partial charge in [0.25, 0.3) is 0 Å². The number of hydrogen-bond donors (Lipinski definition) is 1. The minimum absolute atomic E-state index is 0.713. The molecule has 2 aliphatic rings. The van der Waals surface area contributed by atoms with E-state index >= 15 is 0 Å². The van der Waals surface area contributed by atoms with Crippen LogP contribution in [0.4, 0.5) is 5.69 Å². The number of nitrogens with zero attached hydrogens (tertiary/aromatic N) is 5. The molecule has 1 saturated heterocycles. The van der Waals surface area contributed by atoms with Crippen LogP contribution in [0.1, 0.15) is 31.4 Å². The van der Waals surface area contributed by atoms with Gasteiger partial charge in [-0.05, 0) is 68.0 Å². The van der Waals surface area contributed by atoms with Crippen LogP contribution in [0.3, 0.4) is 0 Å². The number of aromatic nitrogens is 3. The van der Waals surface area contributed by atoms with Crippen LogP contribution in [0.2, 0.25) is 0 Å². The van der Waals surface area contributed by atoms with Gasteiger partial charge in [-0.2, -0.15) is 0 Å². The summed E-state index contributed by atoms with van der Waals surface area (Å²) in [5.41, 5.74) is 5.51. The molecule has 2 aromatic heterocycles. The summed E-state index contributed by atoms with van der Waals surface area (Å²) in [6.07, 6.45) is 14.0. The third kappa shape index (κ3) is 5.15. The average Bonchev–Trinajstić information content (AvgIpc) is 2.89. The van der Waals surface area contributed by atoms with Gasteiger partial charge < -0.3 is 5.32 Å². The first kappa shape index (κ1) is 22.6. The number of anilines is 1. The molecule has 0 unspecified atom stereocenters. The second-order valence-electron chi connectivity index (χ2n) is 9.29. The van der Waals surface area contributed by atoms with Crippen LogP contribution in [-0.4, -0.2) is 69.7 Å². The Labute approximate surface area is 201 Å². The third-order valence-corrected chi connectivity index (χ3v) is 8.31. The third-order valence-electron chi connectivity index (χ3n) is 7.42. The molecular formula is C26H34N6S. The first-order chi connectivity index (χ1) is 16.2. The van der Waals surface area contributed by atoms with Crippen molar-refractivity contribution in [2.24, 2.45) is 5.92 Å². The van der Waals surface area contributed by atoms with Crippen LogP contribution in [0.25, 0.3) is 22.0 Å². The van der Waals surface area contributed by atoms with E-state index in [4.69, 9.17) is 4.98 Å². The van der Waals surface area contributed by atoms with E-state index in [0.29, 0.717) is 5.92 Å². The van der Waals surface area contributed by atoms with Crippen LogP contribution < -0.4 is 5.32 Å². The van der Waals surface area contributed by atoms with Crippen LogP contribution in [-0.2, 0) is 6.42 Å². The molecule has 0 amide bonds. The Morgan fingerprint density at radius 3 is 2.55 bits per heavy atom. The van der Waals surface area contributed by atoms with E-state index in [0.717, 1.165) is 34.8 Å². The van der Waals surface area contributed by atoms with E-state index < -0.39 is 0 Å². The highest BCUT2D eigenvalue weighted by Gasteiger charge is 2.28. The van der Waals surface area contributed by atoms with Crippen molar-refractivity contribution in [2.75, 3.05) is 44.8 Å². The van der Waals surface area contributed by atoms with Crippen LogP contribution in [0, 0.1) is 5.92 Å². The number of piperazine rings is 1.